The summed E-state index contributed by atoms with van der Waals surface area (Å²) < 4.78 is 50.6. The monoisotopic (exact) mass is 443 g/mol. The molecule has 9 heteroatoms. The molecule has 0 saturated carbocycles. The lowest BCUT2D eigenvalue weighted by molar-refractivity contribution is -0.138. The van der Waals surface area contributed by atoms with Crippen LogP contribution in [0.5, 0.6) is 11.5 Å². The summed E-state index contributed by atoms with van der Waals surface area (Å²) in [4.78, 5) is 18.4. The van der Waals surface area contributed by atoms with Crippen molar-refractivity contribution < 1.29 is 27.4 Å². The average molecular weight is 443 g/mol. The molecule has 32 heavy (non-hydrogen) atoms. The maximum absolute atomic E-state index is 13.4. The first kappa shape index (κ1) is 21.5. The van der Waals surface area contributed by atoms with Gasteiger partial charge in [0.15, 0.2) is 0 Å². The first-order valence-corrected chi connectivity index (χ1v) is 9.77. The number of hydrogen-bond donors (Lipinski definition) is 1. The van der Waals surface area contributed by atoms with Crippen LogP contribution in [0.2, 0.25) is 0 Å². The smallest absolute Gasteiger partial charge is 0.420 e. The Bertz CT molecular complexity index is 1150. The number of rotatable bonds is 4. The van der Waals surface area contributed by atoms with Crippen molar-refractivity contribution in [3.8, 4) is 22.6 Å². The Morgan fingerprint density at radius 3 is 2.53 bits per heavy atom. The van der Waals surface area contributed by atoms with Gasteiger partial charge in [-0.2, -0.15) is 13.2 Å². The number of hydrogen-bond acceptors (Lipinski definition) is 4. The summed E-state index contributed by atoms with van der Waals surface area (Å²) >= 11 is 0. The summed E-state index contributed by atoms with van der Waals surface area (Å²) in [6.45, 7) is 0.261. The molecular weight excluding hydrogens is 423 g/mol. The number of carbonyl (C=O) groups is 1. The van der Waals surface area contributed by atoms with Gasteiger partial charge in [0.05, 0.1) is 19.8 Å². The van der Waals surface area contributed by atoms with E-state index in [1.165, 1.54) is 18.1 Å². The van der Waals surface area contributed by atoms with E-state index < -0.39 is 17.8 Å². The fraction of sp³-hybridized carbons (Fsp3) is 0.217. The Morgan fingerprint density at radius 1 is 1.09 bits per heavy atom. The van der Waals surface area contributed by atoms with Crippen molar-refractivity contribution in [1.82, 2.24) is 4.98 Å². The highest BCUT2D eigenvalue weighted by Crippen LogP contribution is 2.42. The summed E-state index contributed by atoms with van der Waals surface area (Å²) in [5.41, 5.74) is 1.93. The molecule has 2 aromatic carbocycles. The predicted octanol–water partition coefficient (Wildman–Crippen LogP) is 5.38. The number of pyridine rings is 1. The normalized spacial score (nSPS) is 13.0. The molecule has 166 valence electrons. The maximum Gasteiger partial charge on any atom is 0.420 e. The molecular formula is C23H20F3N3O3. The van der Waals surface area contributed by atoms with Crippen LogP contribution in [0.1, 0.15) is 11.1 Å². The molecule has 0 spiro atoms. The van der Waals surface area contributed by atoms with Gasteiger partial charge < -0.3 is 14.8 Å². The van der Waals surface area contributed by atoms with E-state index in [4.69, 9.17) is 9.47 Å². The van der Waals surface area contributed by atoms with E-state index in [-0.39, 0.29) is 18.0 Å². The number of amides is 2. The number of halogens is 3. The fourth-order valence-electron chi connectivity index (χ4n) is 3.74. The van der Waals surface area contributed by atoms with E-state index in [0.717, 1.165) is 17.2 Å². The van der Waals surface area contributed by atoms with Crippen LogP contribution < -0.4 is 19.7 Å². The molecule has 0 atom stereocenters. The van der Waals surface area contributed by atoms with Gasteiger partial charge in [0.25, 0.3) is 0 Å². The first-order chi connectivity index (χ1) is 15.3. The van der Waals surface area contributed by atoms with Gasteiger partial charge >= 0.3 is 12.2 Å². The molecule has 1 aromatic heterocycles. The van der Waals surface area contributed by atoms with Gasteiger partial charge in [-0.15, -0.1) is 0 Å². The van der Waals surface area contributed by atoms with E-state index in [0.29, 0.717) is 23.4 Å². The topological polar surface area (TPSA) is 63.7 Å². The van der Waals surface area contributed by atoms with Crippen LogP contribution in [-0.2, 0) is 12.6 Å². The maximum atomic E-state index is 13.4. The number of methoxy groups -OCH3 is 2. The zero-order valence-corrected chi connectivity index (χ0v) is 17.4. The van der Waals surface area contributed by atoms with Gasteiger partial charge in [-0.1, -0.05) is 6.07 Å². The number of ether oxygens (including phenoxy) is 2. The van der Waals surface area contributed by atoms with E-state index in [9.17, 15) is 18.0 Å². The lowest BCUT2D eigenvalue weighted by Crippen LogP contribution is -2.33. The third-order valence-corrected chi connectivity index (χ3v) is 5.27. The van der Waals surface area contributed by atoms with Crippen molar-refractivity contribution >= 4 is 17.4 Å². The van der Waals surface area contributed by atoms with Crippen LogP contribution in [-0.4, -0.2) is 31.8 Å². The van der Waals surface area contributed by atoms with Crippen molar-refractivity contribution in [2.75, 3.05) is 31.0 Å². The quantitative estimate of drug-likeness (QED) is 0.588. The number of urea groups is 1. The lowest BCUT2D eigenvalue weighted by Gasteiger charge is -2.21. The fourth-order valence-corrected chi connectivity index (χ4v) is 3.74. The Balaban J connectivity index is 1.63. The number of alkyl halides is 3. The Hall–Kier alpha value is -3.75. The van der Waals surface area contributed by atoms with Gasteiger partial charge in [0.2, 0.25) is 0 Å². The zero-order chi connectivity index (χ0) is 22.9. The van der Waals surface area contributed by atoms with Gasteiger partial charge in [0.1, 0.15) is 11.5 Å². The lowest BCUT2D eigenvalue weighted by atomic mass is 10.1. The van der Waals surface area contributed by atoms with Gasteiger partial charge in [-0.25, -0.2) is 4.79 Å². The van der Waals surface area contributed by atoms with Crippen LogP contribution in [0.4, 0.5) is 29.3 Å². The summed E-state index contributed by atoms with van der Waals surface area (Å²) in [6.07, 6.45) is -0.844. The SMILES string of the molecule is COc1ccc(NC(=O)N2CCc3cc(OC)c(C(F)(F)F)cc32)cc1-c1cccnc1. The van der Waals surface area contributed by atoms with Crippen LogP contribution in [0, 0.1) is 0 Å². The van der Waals surface area contributed by atoms with Crippen molar-refractivity contribution in [3.63, 3.8) is 0 Å². The summed E-state index contributed by atoms with van der Waals surface area (Å²) in [7, 11) is 2.74. The molecule has 0 aliphatic carbocycles. The second-order valence-electron chi connectivity index (χ2n) is 7.17. The van der Waals surface area contributed by atoms with Crippen LogP contribution in [0.15, 0.2) is 54.9 Å². The first-order valence-electron chi connectivity index (χ1n) is 9.77. The zero-order valence-electron chi connectivity index (χ0n) is 17.4. The Labute approximate surface area is 182 Å². The molecule has 2 amide bonds. The number of nitrogens with zero attached hydrogens (tertiary/aromatic N) is 2. The van der Waals surface area contributed by atoms with Gasteiger partial charge in [-0.05, 0) is 48.4 Å². The molecule has 0 saturated heterocycles. The molecule has 1 aliphatic rings. The molecule has 1 aliphatic heterocycles. The minimum Gasteiger partial charge on any atom is -0.496 e. The van der Waals surface area contributed by atoms with E-state index in [1.807, 2.05) is 6.07 Å². The van der Waals surface area contributed by atoms with Crippen LogP contribution in [0.25, 0.3) is 11.1 Å². The number of nitrogens with one attached hydrogen (secondary N) is 1. The highest BCUT2D eigenvalue weighted by atomic mass is 19.4. The number of carbonyl (C=O) groups excluding carboxylic acids is 1. The standard InChI is InChI=1S/C23H20F3N3O3/c1-31-20-6-5-16(11-17(20)15-4-3-8-27-13-15)28-22(30)29-9-7-14-10-21(32-2)18(12-19(14)29)23(24,25)26/h3-6,8,10-13H,7,9H2,1-2H3,(H,28,30). The van der Waals surface area contributed by atoms with Crippen LogP contribution in [0.3, 0.4) is 0 Å². The van der Waals surface area contributed by atoms with Crippen LogP contribution >= 0.6 is 0 Å². The minimum absolute atomic E-state index is 0.219. The summed E-state index contributed by atoms with van der Waals surface area (Å²) in [5, 5.41) is 2.77. The molecule has 3 aromatic rings. The highest BCUT2D eigenvalue weighted by molar-refractivity contribution is 6.03. The number of fused-ring (bicyclic) bond motifs is 1. The summed E-state index contributed by atoms with van der Waals surface area (Å²) in [5.74, 6) is 0.346. The van der Waals surface area contributed by atoms with Crippen molar-refractivity contribution in [2.24, 2.45) is 0 Å². The molecule has 0 fully saturated rings. The molecule has 0 unspecified atom stereocenters. The molecule has 2 heterocycles. The molecule has 4 rings (SSSR count). The number of aromatic nitrogens is 1. The average Bonchev–Trinajstić information content (AvgIpc) is 3.21. The van der Waals surface area contributed by atoms with Crippen molar-refractivity contribution in [3.05, 3.63) is 66.0 Å². The third kappa shape index (κ3) is 4.05. The molecule has 1 N–H and O–H groups in total. The number of anilines is 2. The second kappa shape index (κ2) is 8.41. The van der Waals surface area contributed by atoms with Crippen molar-refractivity contribution in [1.29, 1.82) is 0 Å². The Kier molecular flexibility index (Phi) is 5.65. The molecule has 6 nitrogen and oxygen atoms in total. The highest BCUT2D eigenvalue weighted by Gasteiger charge is 2.37. The van der Waals surface area contributed by atoms with E-state index >= 15 is 0 Å². The number of benzene rings is 2. The minimum atomic E-state index is -4.60. The van der Waals surface area contributed by atoms with E-state index in [1.54, 1.807) is 43.8 Å². The Morgan fingerprint density at radius 2 is 1.88 bits per heavy atom. The largest absolute Gasteiger partial charge is 0.496 e. The van der Waals surface area contributed by atoms with E-state index in [2.05, 4.69) is 10.3 Å². The van der Waals surface area contributed by atoms with Gasteiger partial charge in [0, 0.05) is 41.4 Å². The summed E-state index contributed by atoms with van der Waals surface area (Å²) in [6, 6.07) is 10.6. The third-order valence-electron chi connectivity index (χ3n) is 5.27. The second-order valence-corrected chi connectivity index (χ2v) is 7.17. The molecule has 0 bridgehead atoms. The van der Waals surface area contributed by atoms with Gasteiger partial charge in [-0.3, -0.25) is 9.88 Å². The van der Waals surface area contributed by atoms with Crippen molar-refractivity contribution in [2.45, 2.75) is 12.6 Å². The molecule has 0 radical (unpaired) electrons. The predicted molar refractivity (Wildman–Crippen MR) is 114 cm³/mol.